The Morgan fingerprint density at radius 2 is 1.73 bits per heavy atom. The summed E-state index contributed by atoms with van der Waals surface area (Å²) in [5.74, 6) is -0.692. The molecule has 0 saturated carbocycles. The van der Waals surface area contributed by atoms with Crippen LogP contribution in [0, 0.1) is 11.3 Å². The first kappa shape index (κ1) is 20.6. The number of hydrogen-bond acceptors (Lipinski definition) is 5. The third-order valence-corrected chi connectivity index (χ3v) is 4.47. The fourth-order valence-corrected chi connectivity index (χ4v) is 2.85. The Morgan fingerprint density at radius 1 is 1.03 bits per heavy atom. The van der Waals surface area contributed by atoms with Crippen LogP contribution in [0.2, 0.25) is 0 Å². The van der Waals surface area contributed by atoms with E-state index in [1.165, 1.54) is 13.0 Å². The van der Waals surface area contributed by atoms with Crippen molar-refractivity contribution in [2.75, 3.05) is 12.4 Å². The standard InChI is InChI=1S/C24H20N2O4/c1-16(23(27)26-22-9-5-7-18-6-3-4-8-21(18)22)30-24(28)19(15-25)14-17-10-12-20(29-2)13-11-17/h3-14,16H,1-2H3,(H,26,27)/b19-14+/t16-/m1/s1. The van der Waals surface area contributed by atoms with Crippen LogP contribution in [-0.4, -0.2) is 25.1 Å². The zero-order valence-corrected chi connectivity index (χ0v) is 16.6. The number of esters is 1. The molecule has 30 heavy (non-hydrogen) atoms. The summed E-state index contributed by atoms with van der Waals surface area (Å²) in [6.45, 7) is 1.46. The molecule has 3 aromatic rings. The molecule has 0 spiro atoms. The topological polar surface area (TPSA) is 88.4 Å². The van der Waals surface area contributed by atoms with Gasteiger partial charge in [0, 0.05) is 11.1 Å². The van der Waals surface area contributed by atoms with Gasteiger partial charge in [-0.2, -0.15) is 5.26 Å². The molecule has 0 aliphatic carbocycles. The van der Waals surface area contributed by atoms with Crippen LogP contribution in [0.15, 0.2) is 72.3 Å². The third kappa shape index (κ3) is 4.83. The first-order valence-electron chi connectivity index (χ1n) is 9.27. The first-order valence-corrected chi connectivity index (χ1v) is 9.27. The molecule has 0 saturated heterocycles. The highest BCUT2D eigenvalue weighted by molar-refractivity contribution is 6.05. The Bertz CT molecular complexity index is 1140. The number of methoxy groups -OCH3 is 1. The molecule has 0 fully saturated rings. The van der Waals surface area contributed by atoms with Gasteiger partial charge in [-0.25, -0.2) is 4.79 Å². The molecule has 0 aliphatic heterocycles. The van der Waals surface area contributed by atoms with E-state index in [0.29, 0.717) is 17.0 Å². The minimum absolute atomic E-state index is 0.204. The number of benzene rings is 3. The van der Waals surface area contributed by atoms with Crippen molar-refractivity contribution >= 4 is 34.4 Å². The van der Waals surface area contributed by atoms with Gasteiger partial charge in [0.1, 0.15) is 17.4 Å². The van der Waals surface area contributed by atoms with Gasteiger partial charge < -0.3 is 14.8 Å². The van der Waals surface area contributed by atoms with Gasteiger partial charge in [0.2, 0.25) is 0 Å². The molecular formula is C24H20N2O4. The third-order valence-electron chi connectivity index (χ3n) is 4.47. The highest BCUT2D eigenvalue weighted by atomic mass is 16.5. The maximum Gasteiger partial charge on any atom is 0.349 e. The Morgan fingerprint density at radius 3 is 2.43 bits per heavy atom. The van der Waals surface area contributed by atoms with Gasteiger partial charge >= 0.3 is 5.97 Å². The number of nitrogens with zero attached hydrogens (tertiary/aromatic N) is 1. The number of nitrogens with one attached hydrogen (secondary N) is 1. The van der Waals surface area contributed by atoms with Crippen molar-refractivity contribution in [3.05, 3.63) is 77.9 Å². The molecule has 0 unspecified atom stereocenters. The Kier molecular flexibility index (Phi) is 6.46. The number of carbonyl (C=O) groups excluding carboxylic acids is 2. The fraction of sp³-hybridized carbons (Fsp3) is 0.125. The lowest BCUT2D eigenvalue weighted by molar-refractivity contribution is -0.148. The van der Waals surface area contributed by atoms with Crippen molar-refractivity contribution in [2.24, 2.45) is 0 Å². The molecule has 1 N–H and O–H groups in total. The fourth-order valence-electron chi connectivity index (χ4n) is 2.85. The van der Waals surface area contributed by atoms with Gasteiger partial charge in [-0.1, -0.05) is 48.5 Å². The van der Waals surface area contributed by atoms with Crippen molar-refractivity contribution in [3.63, 3.8) is 0 Å². The van der Waals surface area contributed by atoms with Crippen molar-refractivity contribution in [1.82, 2.24) is 0 Å². The molecule has 0 aliphatic rings. The summed E-state index contributed by atoms with van der Waals surface area (Å²) in [6, 6.07) is 21.9. The molecule has 3 aromatic carbocycles. The van der Waals surface area contributed by atoms with E-state index < -0.39 is 18.0 Å². The van der Waals surface area contributed by atoms with Crippen molar-refractivity contribution in [2.45, 2.75) is 13.0 Å². The molecule has 1 amide bonds. The number of amides is 1. The summed E-state index contributed by atoms with van der Waals surface area (Å²) in [4.78, 5) is 24.9. The summed E-state index contributed by atoms with van der Waals surface area (Å²) < 4.78 is 10.3. The minimum atomic E-state index is -1.08. The van der Waals surface area contributed by atoms with Crippen LogP contribution in [0.5, 0.6) is 5.75 Å². The van der Waals surface area contributed by atoms with Crippen molar-refractivity contribution in [1.29, 1.82) is 5.26 Å². The first-order chi connectivity index (χ1) is 14.5. The number of anilines is 1. The summed E-state index contributed by atoms with van der Waals surface area (Å²) in [5, 5.41) is 14.0. The second-order valence-corrected chi connectivity index (χ2v) is 6.51. The second kappa shape index (κ2) is 9.39. The van der Waals surface area contributed by atoms with E-state index in [1.807, 2.05) is 42.5 Å². The van der Waals surface area contributed by atoms with Gasteiger partial charge in [0.25, 0.3) is 5.91 Å². The zero-order valence-electron chi connectivity index (χ0n) is 16.6. The molecule has 6 heteroatoms. The number of hydrogen-bond donors (Lipinski definition) is 1. The number of ether oxygens (including phenoxy) is 2. The quantitative estimate of drug-likeness (QED) is 0.378. The SMILES string of the molecule is COc1ccc(/C=C(\C#N)C(=O)O[C@H](C)C(=O)Nc2cccc3ccccc23)cc1. The van der Waals surface area contributed by atoms with Gasteiger partial charge in [-0.3, -0.25) is 4.79 Å². The van der Waals surface area contributed by atoms with Gasteiger partial charge in [-0.15, -0.1) is 0 Å². The highest BCUT2D eigenvalue weighted by Gasteiger charge is 2.21. The van der Waals surface area contributed by atoms with Crippen LogP contribution in [-0.2, 0) is 14.3 Å². The summed E-state index contributed by atoms with van der Waals surface area (Å²) in [6.07, 6.45) is 0.320. The lowest BCUT2D eigenvalue weighted by atomic mass is 10.1. The molecule has 0 bridgehead atoms. The van der Waals surface area contributed by atoms with Crippen LogP contribution < -0.4 is 10.1 Å². The number of nitriles is 1. The Hall–Kier alpha value is -4.11. The Labute approximate surface area is 174 Å². The van der Waals surface area contributed by atoms with Crippen LogP contribution in [0.25, 0.3) is 16.8 Å². The van der Waals surface area contributed by atoms with E-state index in [0.717, 1.165) is 10.8 Å². The van der Waals surface area contributed by atoms with E-state index in [2.05, 4.69) is 5.32 Å². The van der Waals surface area contributed by atoms with Crippen LogP contribution in [0.1, 0.15) is 12.5 Å². The molecule has 150 valence electrons. The lowest BCUT2D eigenvalue weighted by Crippen LogP contribution is -2.30. The van der Waals surface area contributed by atoms with E-state index in [4.69, 9.17) is 9.47 Å². The smallest absolute Gasteiger partial charge is 0.349 e. The molecule has 0 radical (unpaired) electrons. The average molecular weight is 400 g/mol. The monoisotopic (exact) mass is 400 g/mol. The van der Waals surface area contributed by atoms with Crippen LogP contribution >= 0.6 is 0 Å². The maximum absolute atomic E-state index is 12.5. The summed E-state index contributed by atoms with van der Waals surface area (Å²) >= 11 is 0. The lowest BCUT2D eigenvalue weighted by Gasteiger charge is -2.14. The molecule has 3 rings (SSSR count). The molecular weight excluding hydrogens is 380 g/mol. The van der Waals surface area contributed by atoms with E-state index in [9.17, 15) is 14.9 Å². The van der Waals surface area contributed by atoms with Gasteiger partial charge in [-0.05, 0) is 42.1 Å². The minimum Gasteiger partial charge on any atom is -0.497 e. The highest BCUT2D eigenvalue weighted by Crippen LogP contribution is 2.23. The molecule has 6 nitrogen and oxygen atoms in total. The second-order valence-electron chi connectivity index (χ2n) is 6.51. The predicted molar refractivity (Wildman–Crippen MR) is 115 cm³/mol. The summed E-state index contributed by atoms with van der Waals surface area (Å²) in [7, 11) is 1.55. The number of rotatable bonds is 6. The molecule has 1 atom stereocenters. The van der Waals surface area contributed by atoms with E-state index >= 15 is 0 Å². The normalized spacial score (nSPS) is 12.0. The zero-order chi connectivity index (χ0) is 21.5. The van der Waals surface area contributed by atoms with Gasteiger partial charge in [0.05, 0.1) is 7.11 Å². The average Bonchev–Trinajstić information content (AvgIpc) is 2.78. The maximum atomic E-state index is 12.5. The van der Waals surface area contributed by atoms with E-state index in [1.54, 1.807) is 37.4 Å². The van der Waals surface area contributed by atoms with Crippen LogP contribution in [0.4, 0.5) is 5.69 Å². The largest absolute Gasteiger partial charge is 0.497 e. The van der Waals surface area contributed by atoms with Crippen molar-refractivity contribution in [3.8, 4) is 11.8 Å². The Balaban J connectivity index is 1.69. The van der Waals surface area contributed by atoms with Gasteiger partial charge in [0.15, 0.2) is 6.10 Å². The number of carbonyl (C=O) groups is 2. The number of fused-ring (bicyclic) bond motifs is 1. The summed E-state index contributed by atoms with van der Waals surface area (Å²) in [5.41, 5.74) is 1.05. The van der Waals surface area contributed by atoms with Crippen molar-refractivity contribution < 1.29 is 19.1 Å². The van der Waals surface area contributed by atoms with E-state index in [-0.39, 0.29) is 5.57 Å². The van der Waals surface area contributed by atoms with Crippen LogP contribution in [0.3, 0.4) is 0 Å². The molecule has 0 heterocycles. The predicted octanol–water partition coefficient (Wildman–Crippen LogP) is 4.33. The molecule has 0 aromatic heterocycles.